The molecule has 6 nitrogen and oxygen atoms in total. The molecule has 2 aromatic heterocycles. The molecule has 0 saturated carbocycles. The Morgan fingerprint density at radius 1 is 0.885 bits per heavy atom. The Morgan fingerprint density at radius 3 is 2.35 bits per heavy atom. The molecule has 0 radical (unpaired) electrons. The number of furan rings is 1. The molecule has 0 fully saturated rings. The van der Waals surface area contributed by atoms with Crippen molar-refractivity contribution in [3.8, 4) is 23.1 Å². The minimum Gasteiger partial charge on any atom is -0.497 e. The summed E-state index contributed by atoms with van der Waals surface area (Å²) < 4.78 is 16.1. The fourth-order valence-corrected chi connectivity index (χ4v) is 2.70. The van der Waals surface area contributed by atoms with Gasteiger partial charge in [-0.05, 0) is 24.3 Å². The zero-order valence-corrected chi connectivity index (χ0v) is 14.4. The Balaban J connectivity index is 1.83. The molecule has 130 valence electrons. The molecule has 0 atom stereocenters. The van der Waals surface area contributed by atoms with E-state index in [4.69, 9.17) is 13.9 Å². The average Bonchev–Trinajstić information content (AvgIpc) is 3.22. The van der Waals surface area contributed by atoms with E-state index in [9.17, 15) is 0 Å². The first-order valence-corrected chi connectivity index (χ1v) is 8.07. The first kappa shape index (κ1) is 16.0. The van der Waals surface area contributed by atoms with E-state index in [-0.39, 0.29) is 0 Å². The Bertz CT molecular complexity index is 1020. The molecule has 0 saturated heterocycles. The SMILES string of the molecule is COc1cc(Nc2nc(-c3ccco3)nc3ccccc23)cc(OC)c1. The number of nitrogens with one attached hydrogen (secondary N) is 1. The number of methoxy groups -OCH3 is 2. The fraction of sp³-hybridized carbons (Fsp3) is 0.100. The van der Waals surface area contributed by atoms with E-state index in [1.807, 2.05) is 54.6 Å². The van der Waals surface area contributed by atoms with Crippen LogP contribution >= 0.6 is 0 Å². The third-order valence-corrected chi connectivity index (χ3v) is 3.96. The lowest BCUT2D eigenvalue weighted by molar-refractivity contribution is 0.395. The summed E-state index contributed by atoms with van der Waals surface area (Å²) in [7, 11) is 3.24. The van der Waals surface area contributed by atoms with Crippen molar-refractivity contribution in [2.45, 2.75) is 0 Å². The molecule has 2 heterocycles. The minimum absolute atomic E-state index is 0.520. The molecular formula is C20H17N3O3. The number of rotatable bonds is 5. The topological polar surface area (TPSA) is 69.4 Å². The smallest absolute Gasteiger partial charge is 0.198 e. The quantitative estimate of drug-likeness (QED) is 0.567. The van der Waals surface area contributed by atoms with E-state index < -0.39 is 0 Å². The highest BCUT2D eigenvalue weighted by molar-refractivity contribution is 5.92. The highest BCUT2D eigenvalue weighted by atomic mass is 16.5. The van der Waals surface area contributed by atoms with Crippen LogP contribution in [0.2, 0.25) is 0 Å². The van der Waals surface area contributed by atoms with Crippen molar-refractivity contribution in [3.05, 3.63) is 60.9 Å². The minimum atomic E-state index is 0.520. The molecular weight excluding hydrogens is 330 g/mol. The molecule has 1 N–H and O–H groups in total. The predicted octanol–water partition coefficient (Wildman–Crippen LogP) is 4.65. The summed E-state index contributed by atoms with van der Waals surface area (Å²) in [5.74, 6) is 3.19. The van der Waals surface area contributed by atoms with Crippen LogP contribution in [0.3, 0.4) is 0 Å². The summed E-state index contributed by atoms with van der Waals surface area (Å²) in [5.41, 5.74) is 1.63. The van der Waals surface area contributed by atoms with Crippen molar-refractivity contribution < 1.29 is 13.9 Å². The van der Waals surface area contributed by atoms with Crippen molar-refractivity contribution in [1.29, 1.82) is 0 Å². The Labute approximate surface area is 150 Å². The lowest BCUT2D eigenvalue weighted by Crippen LogP contribution is -2.00. The maximum Gasteiger partial charge on any atom is 0.198 e. The summed E-state index contributed by atoms with van der Waals surface area (Å²) in [4.78, 5) is 9.25. The lowest BCUT2D eigenvalue weighted by Gasteiger charge is -2.12. The van der Waals surface area contributed by atoms with Gasteiger partial charge in [-0.3, -0.25) is 0 Å². The predicted molar refractivity (Wildman–Crippen MR) is 100 cm³/mol. The number of hydrogen-bond acceptors (Lipinski definition) is 6. The van der Waals surface area contributed by atoms with Crippen molar-refractivity contribution in [1.82, 2.24) is 9.97 Å². The summed E-state index contributed by atoms with van der Waals surface area (Å²) in [6, 6.07) is 17.0. The number of fused-ring (bicyclic) bond motifs is 1. The van der Waals surface area contributed by atoms with Gasteiger partial charge >= 0.3 is 0 Å². The molecule has 2 aromatic carbocycles. The number of anilines is 2. The van der Waals surface area contributed by atoms with Gasteiger partial charge in [0.15, 0.2) is 11.6 Å². The molecule has 0 aliphatic rings. The highest BCUT2D eigenvalue weighted by Gasteiger charge is 2.12. The fourth-order valence-electron chi connectivity index (χ4n) is 2.70. The Hall–Kier alpha value is -3.54. The largest absolute Gasteiger partial charge is 0.497 e. The zero-order valence-electron chi connectivity index (χ0n) is 14.4. The number of para-hydroxylation sites is 1. The third kappa shape index (κ3) is 3.04. The van der Waals surface area contributed by atoms with Crippen LogP contribution in [-0.4, -0.2) is 24.2 Å². The molecule has 0 bridgehead atoms. The molecule has 0 unspecified atom stereocenters. The lowest BCUT2D eigenvalue weighted by atomic mass is 10.2. The summed E-state index contributed by atoms with van der Waals surface area (Å²) in [5, 5.41) is 4.25. The Kier molecular flexibility index (Phi) is 4.15. The Morgan fingerprint density at radius 2 is 1.65 bits per heavy atom. The van der Waals surface area contributed by atoms with Gasteiger partial charge in [0.25, 0.3) is 0 Å². The van der Waals surface area contributed by atoms with Gasteiger partial charge in [-0.2, -0.15) is 0 Å². The van der Waals surface area contributed by atoms with E-state index >= 15 is 0 Å². The van der Waals surface area contributed by atoms with E-state index in [0.717, 1.165) is 16.6 Å². The van der Waals surface area contributed by atoms with E-state index in [0.29, 0.717) is 28.9 Å². The van der Waals surface area contributed by atoms with Gasteiger partial charge < -0.3 is 19.2 Å². The van der Waals surface area contributed by atoms with Gasteiger partial charge in [-0.25, -0.2) is 9.97 Å². The molecule has 0 spiro atoms. The van der Waals surface area contributed by atoms with Gasteiger partial charge in [0.1, 0.15) is 17.3 Å². The molecule has 6 heteroatoms. The number of nitrogens with zero attached hydrogens (tertiary/aromatic N) is 2. The maximum absolute atomic E-state index is 5.45. The van der Waals surface area contributed by atoms with Crippen LogP contribution in [0.4, 0.5) is 11.5 Å². The molecule has 4 aromatic rings. The number of aromatic nitrogens is 2. The summed E-state index contributed by atoms with van der Waals surface area (Å²) in [6.07, 6.45) is 1.61. The second-order valence-corrected chi connectivity index (χ2v) is 5.62. The number of hydrogen-bond donors (Lipinski definition) is 1. The third-order valence-electron chi connectivity index (χ3n) is 3.96. The molecule has 0 aliphatic carbocycles. The molecule has 0 aliphatic heterocycles. The number of ether oxygens (including phenoxy) is 2. The first-order valence-electron chi connectivity index (χ1n) is 8.07. The van der Waals surface area contributed by atoms with Gasteiger partial charge in [-0.1, -0.05) is 12.1 Å². The van der Waals surface area contributed by atoms with Crippen LogP contribution in [-0.2, 0) is 0 Å². The van der Waals surface area contributed by atoms with E-state index in [2.05, 4.69) is 15.3 Å². The summed E-state index contributed by atoms with van der Waals surface area (Å²) in [6.45, 7) is 0. The van der Waals surface area contributed by atoms with E-state index in [1.54, 1.807) is 20.5 Å². The maximum atomic E-state index is 5.45. The van der Waals surface area contributed by atoms with Gasteiger partial charge in [-0.15, -0.1) is 0 Å². The standard InChI is InChI=1S/C20H17N3O3/c1-24-14-10-13(11-15(12-14)25-2)21-19-16-6-3-4-7-17(16)22-20(23-19)18-8-5-9-26-18/h3-12H,1-2H3,(H,21,22,23). The second kappa shape index (κ2) is 6.76. The molecule has 26 heavy (non-hydrogen) atoms. The highest BCUT2D eigenvalue weighted by Crippen LogP contribution is 2.31. The monoisotopic (exact) mass is 347 g/mol. The van der Waals surface area contributed by atoms with Crippen molar-refractivity contribution in [2.75, 3.05) is 19.5 Å². The van der Waals surface area contributed by atoms with Gasteiger partial charge in [0.2, 0.25) is 0 Å². The van der Waals surface area contributed by atoms with E-state index in [1.165, 1.54) is 0 Å². The van der Waals surface area contributed by atoms with Crippen molar-refractivity contribution in [2.24, 2.45) is 0 Å². The normalized spacial score (nSPS) is 10.7. The van der Waals surface area contributed by atoms with Gasteiger partial charge in [0.05, 0.1) is 26.0 Å². The zero-order chi connectivity index (χ0) is 17.9. The first-order chi connectivity index (χ1) is 12.8. The van der Waals surface area contributed by atoms with Crippen LogP contribution in [0.5, 0.6) is 11.5 Å². The molecule has 4 rings (SSSR count). The van der Waals surface area contributed by atoms with Crippen molar-refractivity contribution in [3.63, 3.8) is 0 Å². The van der Waals surface area contributed by atoms with Crippen LogP contribution in [0.1, 0.15) is 0 Å². The van der Waals surface area contributed by atoms with Gasteiger partial charge in [0, 0.05) is 29.3 Å². The van der Waals surface area contributed by atoms with Crippen molar-refractivity contribution >= 4 is 22.4 Å². The van der Waals surface area contributed by atoms with Crippen LogP contribution < -0.4 is 14.8 Å². The second-order valence-electron chi connectivity index (χ2n) is 5.62. The average molecular weight is 347 g/mol. The van der Waals surface area contributed by atoms with Crippen LogP contribution in [0, 0.1) is 0 Å². The molecule has 0 amide bonds. The van der Waals surface area contributed by atoms with Crippen LogP contribution in [0.15, 0.2) is 65.3 Å². The van der Waals surface area contributed by atoms with Crippen LogP contribution in [0.25, 0.3) is 22.5 Å². The summed E-state index contributed by atoms with van der Waals surface area (Å²) >= 11 is 0. The number of benzene rings is 2.